The first kappa shape index (κ1) is 17.0. The molecule has 21 heavy (non-hydrogen) atoms. The molecule has 0 saturated heterocycles. The Morgan fingerprint density at radius 1 is 1.43 bits per heavy atom. The van der Waals surface area contributed by atoms with E-state index in [0.29, 0.717) is 6.20 Å². The predicted molar refractivity (Wildman–Crippen MR) is 73.4 cm³/mol. The molecule has 0 fully saturated rings. The fraction of sp³-hybridized carbons (Fsp3) is 0.364. The fourth-order valence-electron chi connectivity index (χ4n) is 1.23. The summed E-state index contributed by atoms with van der Waals surface area (Å²) in [4.78, 5) is 20.1. The summed E-state index contributed by atoms with van der Waals surface area (Å²) in [5.74, 6) is -0.0296. The van der Waals surface area contributed by atoms with Gasteiger partial charge in [-0.2, -0.15) is 18.2 Å². The van der Waals surface area contributed by atoms with Gasteiger partial charge in [0.25, 0.3) is 0 Å². The van der Waals surface area contributed by atoms with Crippen LogP contribution in [0.25, 0.3) is 0 Å². The summed E-state index contributed by atoms with van der Waals surface area (Å²) >= 11 is 5.74. The minimum Gasteiger partial charge on any atom is -0.369 e. The number of rotatable bonds is 3. The average molecular weight is 324 g/mol. The molecular weight excluding hydrogens is 311 g/mol. The lowest BCUT2D eigenvalue weighted by atomic mass is 10.3. The van der Waals surface area contributed by atoms with Gasteiger partial charge in [0.2, 0.25) is 0 Å². The van der Waals surface area contributed by atoms with Gasteiger partial charge in [0, 0.05) is 27.3 Å². The molecule has 0 atom stereocenters. The van der Waals surface area contributed by atoms with Crippen LogP contribution in [0.1, 0.15) is 5.56 Å². The molecule has 0 aliphatic heterocycles. The Labute approximate surface area is 124 Å². The lowest BCUT2D eigenvalue weighted by molar-refractivity contribution is -0.137. The lowest BCUT2D eigenvalue weighted by Crippen LogP contribution is -2.38. The smallest absolute Gasteiger partial charge is 0.369 e. The number of hydrogen-bond acceptors (Lipinski definition) is 3. The number of halogens is 4. The highest BCUT2D eigenvalue weighted by molar-refractivity contribution is 6.33. The molecule has 0 aliphatic rings. The number of nitrogens with zero attached hydrogens (tertiary/aromatic N) is 4. The Morgan fingerprint density at radius 3 is 2.52 bits per heavy atom. The molecule has 1 heterocycles. The molecule has 0 unspecified atom stereocenters. The van der Waals surface area contributed by atoms with Gasteiger partial charge in [0.1, 0.15) is 0 Å². The number of pyridine rings is 1. The normalized spacial score (nSPS) is 11.6. The molecule has 6 nitrogen and oxygen atoms in total. The number of carbonyl (C=O) groups excluding carboxylic acids is 1. The zero-order valence-corrected chi connectivity index (χ0v) is 12.2. The number of anilines is 1. The summed E-state index contributed by atoms with van der Waals surface area (Å²) in [7, 11) is 4.73. The molecule has 0 bridgehead atoms. The van der Waals surface area contributed by atoms with E-state index in [2.05, 4.69) is 15.4 Å². The second-order valence-electron chi connectivity index (χ2n) is 4.21. The summed E-state index contributed by atoms with van der Waals surface area (Å²) in [6, 6.07) is 0.0132. The largest absolute Gasteiger partial charge is 0.417 e. The van der Waals surface area contributed by atoms with Crippen molar-refractivity contribution in [3.8, 4) is 0 Å². The van der Waals surface area contributed by atoms with E-state index in [1.165, 1.54) is 13.4 Å². The number of alkyl halides is 3. The first-order valence-corrected chi connectivity index (χ1v) is 5.96. The number of hydrazine groups is 1. The van der Waals surface area contributed by atoms with Crippen molar-refractivity contribution in [2.75, 3.05) is 26.2 Å². The molecule has 1 aromatic rings. The third kappa shape index (κ3) is 5.10. The van der Waals surface area contributed by atoms with Gasteiger partial charge < -0.3 is 4.90 Å². The Morgan fingerprint density at radius 2 is 2.05 bits per heavy atom. The van der Waals surface area contributed by atoms with Crippen LogP contribution < -0.4 is 10.4 Å². The Bertz CT molecular complexity index is 547. The Kier molecular flexibility index (Phi) is 5.36. The number of urea groups is 1. The van der Waals surface area contributed by atoms with E-state index in [1.807, 2.05) is 0 Å². The van der Waals surface area contributed by atoms with Crippen molar-refractivity contribution < 1.29 is 18.0 Å². The van der Waals surface area contributed by atoms with Gasteiger partial charge in [0.05, 0.1) is 16.9 Å². The van der Waals surface area contributed by atoms with Crippen LogP contribution in [0.5, 0.6) is 0 Å². The van der Waals surface area contributed by atoms with Crippen molar-refractivity contribution in [1.82, 2.24) is 15.3 Å². The van der Waals surface area contributed by atoms with Crippen LogP contribution in [-0.4, -0.2) is 43.4 Å². The monoisotopic (exact) mass is 323 g/mol. The van der Waals surface area contributed by atoms with Gasteiger partial charge in [0.15, 0.2) is 5.82 Å². The molecule has 2 amide bonds. The molecule has 10 heteroatoms. The van der Waals surface area contributed by atoms with E-state index < -0.39 is 17.8 Å². The highest BCUT2D eigenvalue weighted by Crippen LogP contribution is 2.32. The summed E-state index contributed by atoms with van der Waals surface area (Å²) < 4.78 is 37.4. The van der Waals surface area contributed by atoms with E-state index in [1.54, 1.807) is 19.0 Å². The van der Waals surface area contributed by atoms with Gasteiger partial charge in [-0.3, -0.25) is 5.01 Å². The first-order valence-electron chi connectivity index (χ1n) is 5.59. The molecule has 0 radical (unpaired) electrons. The Balaban J connectivity index is 2.84. The molecule has 0 saturated carbocycles. The van der Waals surface area contributed by atoms with Crippen molar-refractivity contribution in [1.29, 1.82) is 0 Å². The summed E-state index contributed by atoms with van der Waals surface area (Å²) in [6.45, 7) is 0. The van der Waals surface area contributed by atoms with Gasteiger partial charge in [-0.05, 0) is 6.07 Å². The lowest BCUT2D eigenvalue weighted by Gasteiger charge is -2.19. The fourth-order valence-corrected chi connectivity index (χ4v) is 1.52. The molecule has 0 aromatic carbocycles. The summed E-state index contributed by atoms with van der Waals surface area (Å²) in [5, 5.41) is 0.835. The van der Waals surface area contributed by atoms with Crippen LogP contribution >= 0.6 is 11.6 Å². The van der Waals surface area contributed by atoms with Crippen LogP contribution in [-0.2, 0) is 6.18 Å². The maximum absolute atomic E-state index is 12.5. The SMILES string of the molecule is CN(C)C=NC(=O)NN(C)c1ncc(C(F)(F)F)cc1Cl. The maximum Gasteiger partial charge on any atom is 0.417 e. The van der Waals surface area contributed by atoms with Gasteiger partial charge in [-0.1, -0.05) is 11.6 Å². The van der Waals surface area contributed by atoms with Crippen molar-refractivity contribution in [3.63, 3.8) is 0 Å². The minimum atomic E-state index is -4.53. The zero-order valence-electron chi connectivity index (χ0n) is 11.4. The molecule has 0 spiro atoms. The number of carbonyl (C=O) groups is 1. The number of nitrogens with one attached hydrogen (secondary N) is 1. The molecule has 1 aromatic heterocycles. The molecular formula is C11H13ClF3N5O. The molecule has 1 N–H and O–H groups in total. The third-order valence-electron chi connectivity index (χ3n) is 2.14. The van der Waals surface area contributed by atoms with Crippen LogP contribution in [0.4, 0.5) is 23.8 Å². The van der Waals surface area contributed by atoms with E-state index in [0.717, 1.165) is 11.1 Å². The van der Waals surface area contributed by atoms with Gasteiger partial charge in [-0.15, -0.1) is 0 Å². The number of aliphatic imine (C=N–C) groups is 1. The number of hydrogen-bond donors (Lipinski definition) is 1. The third-order valence-corrected chi connectivity index (χ3v) is 2.41. The first-order chi connectivity index (χ1) is 9.61. The average Bonchev–Trinajstić information content (AvgIpc) is 2.34. The van der Waals surface area contributed by atoms with Crippen LogP contribution in [0.15, 0.2) is 17.3 Å². The summed E-state index contributed by atoms with van der Waals surface area (Å²) in [5.41, 5.74) is 1.32. The van der Waals surface area contributed by atoms with Gasteiger partial charge >= 0.3 is 12.2 Å². The number of aromatic nitrogens is 1. The highest BCUT2D eigenvalue weighted by atomic mass is 35.5. The van der Waals surface area contributed by atoms with E-state index in [-0.39, 0.29) is 10.8 Å². The van der Waals surface area contributed by atoms with E-state index >= 15 is 0 Å². The quantitative estimate of drug-likeness (QED) is 0.527. The predicted octanol–water partition coefficient (Wildman–Crippen LogP) is 2.40. The second-order valence-corrected chi connectivity index (χ2v) is 4.62. The summed E-state index contributed by atoms with van der Waals surface area (Å²) in [6.07, 6.45) is -2.63. The second kappa shape index (κ2) is 6.61. The number of amides is 2. The van der Waals surface area contributed by atoms with Crippen LogP contribution in [0.2, 0.25) is 5.02 Å². The zero-order chi connectivity index (χ0) is 16.2. The van der Waals surface area contributed by atoms with Crippen molar-refractivity contribution in [2.24, 2.45) is 4.99 Å². The highest BCUT2D eigenvalue weighted by Gasteiger charge is 2.31. The van der Waals surface area contributed by atoms with Crippen molar-refractivity contribution >= 4 is 29.8 Å². The van der Waals surface area contributed by atoms with Crippen molar-refractivity contribution in [3.05, 3.63) is 22.8 Å². The van der Waals surface area contributed by atoms with Gasteiger partial charge in [-0.25, -0.2) is 15.2 Å². The Hall–Kier alpha value is -2.03. The van der Waals surface area contributed by atoms with E-state index in [4.69, 9.17) is 11.6 Å². The topological polar surface area (TPSA) is 60.8 Å². The standard InChI is InChI=1S/C11H13ClF3N5O/c1-19(2)6-17-10(21)18-20(3)9-8(12)4-7(5-16-9)11(13,14)15/h4-6H,1-3H3,(H,18,21). The van der Waals surface area contributed by atoms with Crippen LogP contribution in [0, 0.1) is 0 Å². The molecule has 0 aliphatic carbocycles. The molecule has 1 rings (SSSR count). The molecule has 116 valence electrons. The van der Waals surface area contributed by atoms with Crippen LogP contribution in [0.3, 0.4) is 0 Å². The minimum absolute atomic E-state index is 0.0296. The maximum atomic E-state index is 12.5. The van der Waals surface area contributed by atoms with Crippen molar-refractivity contribution in [2.45, 2.75) is 6.18 Å². The van der Waals surface area contributed by atoms with E-state index in [9.17, 15) is 18.0 Å².